The minimum absolute atomic E-state index is 0.0144. The molecule has 0 aliphatic heterocycles. The van der Waals surface area contributed by atoms with Gasteiger partial charge in [-0.25, -0.2) is 0 Å². The molecule has 0 nitrogen and oxygen atoms in total. The minimum Gasteiger partial charge on any atom is -0.166 e. The van der Waals surface area contributed by atoms with Crippen molar-refractivity contribution in [2.75, 3.05) is 0 Å². The lowest BCUT2D eigenvalue weighted by molar-refractivity contribution is -0.137. The van der Waals surface area contributed by atoms with Crippen LogP contribution in [-0.4, -0.2) is 0 Å². The summed E-state index contributed by atoms with van der Waals surface area (Å²) in [6.07, 6.45) is -4.61. The molecule has 0 aliphatic carbocycles. The van der Waals surface area contributed by atoms with Crippen LogP contribution in [0.25, 0.3) is 5.57 Å². The molecule has 0 aliphatic rings. The molecule has 0 heterocycles. The zero-order valence-corrected chi connectivity index (χ0v) is 14.2. The zero-order chi connectivity index (χ0) is 19.2. The maximum atomic E-state index is 14.4. The first-order valence-corrected chi connectivity index (χ1v) is 9.24. The second kappa shape index (κ2) is 5.41. The van der Waals surface area contributed by atoms with E-state index in [0.717, 1.165) is 31.2 Å². The van der Waals surface area contributed by atoms with Gasteiger partial charge in [0.1, 0.15) is 0 Å². The van der Waals surface area contributed by atoms with Crippen LogP contribution in [0.4, 0.5) is 28.7 Å². The van der Waals surface area contributed by atoms with Gasteiger partial charge < -0.3 is 0 Å². The largest absolute Gasteiger partial charge is 0.416 e. The van der Waals surface area contributed by atoms with E-state index in [-0.39, 0.29) is 10.6 Å². The van der Waals surface area contributed by atoms with Crippen LogP contribution >= 0.6 is 21.4 Å². The van der Waals surface area contributed by atoms with Crippen molar-refractivity contribution in [2.24, 2.45) is 0 Å². The fourth-order valence-electron chi connectivity index (χ4n) is 2.13. The molecule has 2 rings (SSSR count). The Labute approximate surface area is 144 Å². The third-order valence-corrected chi connectivity index (χ3v) is 5.72. The van der Waals surface area contributed by atoms with Gasteiger partial charge in [-0.3, -0.25) is 0 Å². The van der Waals surface area contributed by atoms with E-state index >= 15 is 0 Å². The highest BCUT2D eigenvalue weighted by Crippen LogP contribution is 3.02. The number of alkyl halides is 3. The Bertz CT molecular complexity index is 815. The Balaban J connectivity index is 2.50. The molecule has 0 N–H and O–H groups in total. The number of hydrogen-bond donors (Lipinski definition) is 0. The van der Waals surface area contributed by atoms with Crippen molar-refractivity contribution in [3.63, 3.8) is 0 Å². The molecule has 0 fully saturated rings. The van der Waals surface area contributed by atoms with Crippen molar-refractivity contribution in [1.82, 2.24) is 0 Å². The summed E-state index contributed by atoms with van der Waals surface area (Å²) in [5.41, 5.74) is -1.72. The molecule has 0 unspecified atom stereocenters. The van der Waals surface area contributed by atoms with Crippen molar-refractivity contribution < 1.29 is 28.7 Å². The van der Waals surface area contributed by atoms with Crippen LogP contribution in [-0.2, 0) is 6.18 Å². The van der Waals surface area contributed by atoms with Crippen LogP contribution in [0.2, 0.25) is 5.02 Å². The molecule has 0 spiro atoms. The highest BCUT2D eigenvalue weighted by molar-refractivity contribution is 8.52. The molecule has 2 aromatic rings. The molecule has 9 heteroatoms. The predicted octanol–water partition coefficient (Wildman–Crippen LogP) is 8.19. The summed E-state index contributed by atoms with van der Waals surface area (Å²) >= 11 is 5.52. The molecule has 0 saturated heterocycles. The average molecular weight is 405 g/mol. The van der Waals surface area contributed by atoms with Gasteiger partial charge in [-0.1, -0.05) is 23.7 Å². The van der Waals surface area contributed by atoms with E-state index in [9.17, 15) is 28.7 Å². The molecular weight excluding hydrogens is 393 g/mol. The van der Waals surface area contributed by atoms with Crippen LogP contribution in [0, 0.1) is 0 Å². The standard InChI is InChI=1S/C16H12ClF7S/c1-11(12-2-4-13(5-3-12)16(18,19)20)10-25(21,22,23,24)15-8-6-14(17)7-9-15/h2-10H,1H3/b11-10-. The quantitative estimate of drug-likeness (QED) is 0.452. The Morgan fingerprint density at radius 3 is 1.80 bits per heavy atom. The zero-order valence-electron chi connectivity index (χ0n) is 12.6. The monoisotopic (exact) mass is 404 g/mol. The van der Waals surface area contributed by atoms with Crippen LogP contribution in [0.15, 0.2) is 58.8 Å². The summed E-state index contributed by atoms with van der Waals surface area (Å²) in [5.74, 6) is 0. The minimum atomic E-state index is -8.77. The van der Waals surface area contributed by atoms with Gasteiger partial charge >= 0.3 is 6.18 Å². The molecule has 2 aromatic carbocycles. The lowest BCUT2D eigenvalue weighted by Gasteiger charge is -2.47. The summed E-state index contributed by atoms with van der Waals surface area (Å²) in [6.45, 7) is 0.983. The third-order valence-electron chi connectivity index (χ3n) is 3.39. The molecule has 0 aromatic heterocycles. The summed E-state index contributed by atoms with van der Waals surface area (Å²) in [5, 5.41) is -0.438. The second-order valence-corrected chi connectivity index (χ2v) is 8.87. The molecular formula is C16H12ClF7S. The van der Waals surface area contributed by atoms with E-state index in [4.69, 9.17) is 11.6 Å². The smallest absolute Gasteiger partial charge is 0.166 e. The summed E-state index contributed by atoms with van der Waals surface area (Å²) < 4.78 is 94.9. The summed E-state index contributed by atoms with van der Waals surface area (Å²) in [7, 11) is -8.77. The van der Waals surface area contributed by atoms with E-state index in [0.29, 0.717) is 24.3 Å². The van der Waals surface area contributed by atoms with Gasteiger partial charge in [-0.05, 0) is 54.5 Å². The fraction of sp³-hybridized carbons (Fsp3) is 0.125. The van der Waals surface area contributed by atoms with Gasteiger partial charge in [0.05, 0.1) is 10.5 Å². The maximum Gasteiger partial charge on any atom is 0.416 e. The lowest BCUT2D eigenvalue weighted by atomic mass is 10.1. The molecule has 0 amide bonds. The summed E-state index contributed by atoms with van der Waals surface area (Å²) in [6, 6.07) is 5.90. The lowest BCUT2D eigenvalue weighted by Crippen LogP contribution is -2.11. The topological polar surface area (TPSA) is 0 Å². The molecule has 0 radical (unpaired) electrons. The third kappa shape index (κ3) is 4.49. The first-order chi connectivity index (χ1) is 11.1. The average Bonchev–Trinajstić information content (AvgIpc) is 2.45. The van der Waals surface area contributed by atoms with Gasteiger partial charge in [-0.2, -0.15) is 13.2 Å². The molecule has 0 atom stereocenters. The Hall–Kier alpha value is -1.67. The van der Waals surface area contributed by atoms with E-state index in [1.807, 2.05) is 0 Å². The van der Waals surface area contributed by atoms with Gasteiger partial charge in [-0.15, -0.1) is 15.5 Å². The van der Waals surface area contributed by atoms with Crippen LogP contribution in [0.3, 0.4) is 0 Å². The Morgan fingerprint density at radius 2 is 1.36 bits per heavy atom. The first-order valence-electron chi connectivity index (χ1n) is 6.74. The summed E-state index contributed by atoms with van der Waals surface area (Å²) in [4.78, 5) is -1.49. The highest BCUT2D eigenvalue weighted by Gasteiger charge is 2.62. The van der Waals surface area contributed by atoms with E-state index in [1.165, 1.54) is 0 Å². The molecule has 25 heavy (non-hydrogen) atoms. The molecule has 0 bridgehead atoms. The number of hydrogen-bond acceptors (Lipinski definition) is 0. The maximum absolute atomic E-state index is 14.4. The predicted molar refractivity (Wildman–Crippen MR) is 86.8 cm³/mol. The van der Waals surface area contributed by atoms with Gasteiger partial charge in [0.25, 0.3) is 0 Å². The number of allylic oxidation sites excluding steroid dienone is 1. The van der Waals surface area contributed by atoms with Gasteiger partial charge in [0.2, 0.25) is 9.84 Å². The first kappa shape index (κ1) is 19.7. The van der Waals surface area contributed by atoms with Crippen molar-refractivity contribution in [3.05, 3.63) is 70.1 Å². The SMILES string of the molecule is C/C(=C/S(F)(F)(F)(F)c1ccc(Cl)cc1)c1ccc(C(F)(F)F)cc1. The highest BCUT2D eigenvalue weighted by atomic mass is 35.5. The van der Waals surface area contributed by atoms with E-state index < -0.39 is 37.5 Å². The molecule has 0 saturated carbocycles. The second-order valence-electron chi connectivity index (χ2n) is 5.46. The number of benzene rings is 2. The van der Waals surface area contributed by atoms with Crippen molar-refractivity contribution in [3.8, 4) is 0 Å². The Morgan fingerprint density at radius 1 is 0.880 bits per heavy atom. The number of halogens is 8. The fourth-order valence-corrected chi connectivity index (χ4v) is 3.95. The van der Waals surface area contributed by atoms with Crippen LogP contribution in [0.5, 0.6) is 0 Å². The van der Waals surface area contributed by atoms with Gasteiger partial charge in [0, 0.05) is 10.4 Å². The normalized spacial score (nSPS) is 16.3. The van der Waals surface area contributed by atoms with E-state index in [2.05, 4.69) is 0 Å². The van der Waals surface area contributed by atoms with Gasteiger partial charge in [0.15, 0.2) is 0 Å². The van der Waals surface area contributed by atoms with E-state index in [1.54, 1.807) is 0 Å². The van der Waals surface area contributed by atoms with Crippen molar-refractivity contribution >= 4 is 27.0 Å². The van der Waals surface area contributed by atoms with Crippen molar-refractivity contribution in [1.29, 1.82) is 0 Å². The van der Waals surface area contributed by atoms with Crippen LogP contribution < -0.4 is 0 Å². The van der Waals surface area contributed by atoms with Crippen LogP contribution in [0.1, 0.15) is 18.1 Å². The number of rotatable bonds is 3. The van der Waals surface area contributed by atoms with Crippen molar-refractivity contribution in [2.45, 2.75) is 18.0 Å². The Kier molecular flexibility index (Phi) is 4.25. The molecule has 138 valence electrons.